The lowest BCUT2D eigenvalue weighted by Crippen LogP contribution is -2.37. The molecule has 0 bridgehead atoms. The Kier molecular flexibility index (Phi) is 8.20. The van der Waals surface area contributed by atoms with E-state index in [9.17, 15) is 4.79 Å². The highest BCUT2D eigenvalue weighted by Gasteiger charge is 2.09. The Labute approximate surface area is 135 Å². The number of hydrogen-bond donors (Lipinski definition) is 3. The highest BCUT2D eigenvalue weighted by Crippen LogP contribution is 2.12. The standard InChI is InChI=1S/C15H20Cl2N2O2/c1-2-13(10-20)19-15(21)7-11-3-5-14(6-4-11)18-9-12(17)8-16/h3-6,8,13,18,20H,2,7,9-10H2,1H3,(H,19,21)/b12-8-. The topological polar surface area (TPSA) is 61.4 Å². The third kappa shape index (κ3) is 6.85. The quantitative estimate of drug-likeness (QED) is 0.686. The van der Waals surface area contributed by atoms with Gasteiger partial charge in [0.25, 0.3) is 0 Å². The molecule has 1 amide bonds. The van der Waals surface area contributed by atoms with Gasteiger partial charge in [0.2, 0.25) is 5.91 Å². The van der Waals surface area contributed by atoms with Crippen LogP contribution in [0.2, 0.25) is 0 Å². The molecule has 0 saturated carbocycles. The molecule has 1 aromatic rings. The van der Waals surface area contributed by atoms with Crippen LogP contribution >= 0.6 is 23.2 Å². The molecule has 0 saturated heterocycles. The molecule has 0 aliphatic rings. The summed E-state index contributed by atoms with van der Waals surface area (Å²) in [4.78, 5) is 11.8. The van der Waals surface area contributed by atoms with Crippen LogP contribution < -0.4 is 10.6 Å². The summed E-state index contributed by atoms with van der Waals surface area (Å²) in [6.45, 7) is 2.33. The number of anilines is 1. The fourth-order valence-corrected chi connectivity index (χ4v) is 1.85. The first-order valence-corrected chi connectivity index (χ1v) is 7.58. The van der Waals surface area contributed by atoms with Crippen molar-refractivity contribution in [2.45, 2.75) is 25.8 Å². The third-order valence-electron chi connectivity index (χ3n) is 2.98. The summed E-state index contributed by atoms with van der Waals surface area (Å²) < 4.78 is 0. The fourth-order valence-electron chi connectivity index (χ4n) is 1.71. The number of halogens is 2. The van der Waals surface area contributed by atoms with Crippen molar-refractivity contribution in [3.05, 3.63) is 40.4 Å². The average Bonchev–Trinajstić information content (AvgIpc) is 2.51. The molecule has 1 aromatic carbocycles. The number of benzene rings is 1. The van der Waals surface area contributed by atoms with Crippen molar-refractivity contribution in [1.82, 2.24) is 5.32 Å². The molecule has 0 aliphatic carbocycles. The summed E-state index contributed by atoms with van der Waals surface area (Å²) in [6.07, 6.45) is 0.999. The van der Waals surface area contributed by atoms with E-state index >= 15 is 0 Å². The van der Waals surface area contributed by atoms with Crippen molar-refractivity contribution in [1.29, 1.82) is 0 Å². The van der Waals surface area contributed by atoms with Crippen LogP contribution in [-0.4, -0.2) is 30.2 Å². The summed E-state index contributed by atoms with van der Waals surface area (Å²) in [5.74, 6) is -0.0928. The highest BCUT2D eigenvalue weighted by atomic mass is 35.5. The van der Waals surface area contributed by atoms with E-state index in [4.69, 9.17) is 28.3 Å². The van der Waals surface area contributed by atoms with E-state index < -0.39 is 0 Å². The molecule has 0 radical (unpaired) electrons. The van der Waals surface area contributed by atoms with Gasteiger partial charge in [-0.2, -0.15) is 0 Å². The number of aliphatic hydroxyl groups is 1. The lowest BCUT2D eigenvalue weighted by atomic mass is 10.1. The minimum absolute atomic E-state index is 0.0417. The molecule has 1 rings (SSSR count). The van der Waals surface area contributed by atoms with Crippen LogP contribution in [0.5, 0.6) is 0 Å². The Morgan fingerprint density at radius 3 is 2.57 bits per heavy atom. The Hall–Kier alpha value is -1.23. The number of carbonyl (C=O) groups excluding carboxylic acids is 1. The smallest absolute Gasteiger partial charge is 0.224 e. The molecule has 0 aromatic heterocycles. The van der Waals surface area contributed by atoms with E-state index in [0.717, 1.165) is 11.3 Å². The van der Waals surface area contributed by atoms with Gasteiger partial charge in [0.05, 0.1) is 25.6 Å². The lowest BCUT2D eigenvalue weighted by Gasteiger charge is -2.14. The van der Waals surface area contributed by atoms with Gasteiger partial charge in [-0.3, -0.25) is 4.79 Å². The Morgan fingerprint density at radius 2 is 2.05 bits per heavy atom. The highest BCUT2D eigenvalue weighted by molar-refractivity contribution is 6.36. The monoisotopic (exact) mass is 330 g/mol. The third-order valence-corrected chi connectivity index (χ3v) is 3.59. The Bertz CT molecular complexity index is 471. The van der Waals surface area contributed by atoms with Gasteiger partial charge in [0, 0.05) is 16.3 Å². The van der Waals surface area contributed by atoms with E-state index in [0.29, 0.717) is 24.4 Å². The van der Waals surface area contributed by atoms with Crippen LogP contribution in [-0.2, 0) is 11.2 Å². The van der Waals surface area contributed by atoms with Gasteiger partial charge in [0.15, 0.2) is 0 Å². The van der Waals surface area contributed by atoms with Crippen LogP contribution in [0.4, 0.5) is 5.69 Å². The second kappa shape index (κ2) is 9.66. The summed E-state index contributed by atoms with van der Waals surface area (Å²) >= 11 is 11.3. The van der Waals surface area contributed by atoms with Gasteiger partial charge in [-0.05, 0) is 24.1 Å². The molecule has 3 N–H and O–H groups in total. The van der Waals surface area contributed by atoms with Crippen molar-refractivity contribution in [2.75, 3.05) is 18.5 Å². The molecule has 6 heteroatoms. The van der Waals surface area contributed by atoms with Gasteiger partial charge >= 0.3 is 0 Å². The summed E-state index contributed by atoms with van der Waals surface area (Å²) in [7, 11) is 0. The first-order chi connectivity index (χ1) is 10.1. The molecular formula is C15H20Cl2N2O2. The van der Waals surface area contributed by atoms with Gasteiger partial charge in [0.1, 0.15) is 0 Å². The maximum atomic E-state index is 11.8. The zero-order valence-electron chi connectivity index (χ0n) is 11.9. The minimum atomic E-state index is -0.178. The first-order valence-electron chi connectivity index (χ1n) is 6.76. The second-order valence-corrected chi connectivity index (χ2v) is 5.34. The lowest BCUT2D eigenvalue weighted by molar-refractivity contribution is -0.121. The largest absolute Gasteiger partial charge is 0.394 e. The number of carbonyl (C=O) groups is 1. The predicted molar refractivity (Wildman–Crippen MR) is 87.7 cm³/mol. The van der Waals surface area contributed by atoms with Crippen molar-refractivity contribution < 1.29 is 9.90 Å². The molecule has 21 heavy (non-hydrogen) atoms. The number of rotatable bonds is 8. The van der Waals surface area contributed by atoms with E-state index in [-0.39, 0.29) is 18.6 Å². The van der Waals surface area contributed by atoms with Crippen molar-refractivity contribution in [3.63, 3.8) is 0 Å². The van der Waals surface area contributed by atoms with E-state index in [1.165, 1.54) is 5.54 Å². The summed E-state index contributed by atoms with van der Waals surface area (Å²) in [5, 5.41) is 15.5. The number of amides is 1. The molecule has 116 valence electrons. The summed E-state index contributed by atoms with van der Waals surface area (Å²) in [5.41, 5.74) is 3.13. The summed E-state index contributed by atoms with van der Waals surface area (Å²) in [6, 6.07) is 7.33. The number of nitrogens with one attached hydrogen (secondary N) is 2. The first kappa shape index (κ1) is 17.8. The maximum absolute atomic E-state index is 11.8. The zero-order valence-corrected chi connectivity index (χ0v) is 13.4. The van der Waals surface area contributed by atoms with Gasteiger partial charge in [-0.25, -0.2) is 0 Å². The molecule has 0 aliphatic heterocycles. The molecule has 4 nitrogen and oxygen atoms in total. The van der Waals surface area contributed by atoms with Gasteiger partial charge < -0.3 is 15.7 Å². The van der Waals surface area contributed by atoms with Gasteiger partial charge in [-0.15, -0.1) is 0 Å². The van der Waals surface area contributed by atoms with Crippen molar-refractivity contribution >= 4 is 34.8 Å². The number of hydrogen-bond acceptors (Lipinski definition) is 3. The molecule has 1 atom stereocenters. The molecular weight excluding hydrogens is 311 g/mol. The van der Waals surface area contributed by atoms with E-state index in [1.807, 2.05) is 31.2 Å². The molecule has 0 fully saturated rings. The minimum Gasteiger partial charge on any atom is -0.394 e. The van der Waals surface area contributed by atoms with Crippen LogP contribution in [0.1, 0.15) is 18.9 Å². The van der Waals surface area contributed by atoms with E-state index in [1.54, 1.807) is 0 Å². The van der Waals surface area contributed by atoms with Crippen LogP contribution in [0.15, 0.2) is 34.8 Å². The predicted octanol–water partition coefficient (Wildman–Crippen LogP) is 2.85. The molecule has 0 spiro atoms. The van der Waals surface area contributed by atoms with E-state index in [2.05, 4.69) is 10.6 Å². The average molecular weight is 331 g/mol. The number of aliphatic hydroxyl groups excluding tert-OH is 1. The van der Waals surface area contributed by atoms with Crippen molar-refractivity contribution in [2.24, 2.45) is 0 Å². The van der Waals surface area contributed by atoms with Crippen molar-refractivity contribution in [3.8, 4) is 0 Å². The Morgan fingerprint density at radius 1 is 1.38 bits per heavy atom. The van der Waals surface area contributed by atoms with Crippen LogP contribution in [0.25, 0.3) is 0 Å². The Balaban J connectivity index is 2.48. The maximum Gasteiger partial charge on any atom is 0.224 e. The zero-order chi connectivity index (χ0) is 15.7. The molecule has 1 unspecified atom stereocenters. The van der Waals surface area contributed by atoms with Crippen LogP contribution in [0, 0.1) is 0 Å². The van der Waals surface area contributed by atoms with Crippen LogP contribution in [0.3, 0.4) is 0 Å². The molecule has 0 heterocycles. The van der Waals surface area contributed by atoms with Gasteiger partial charge in [-0.1, -0.05) is 42.3 Å². The second-order valence-electron chi connectivity index (χ2n) is 4.64. The SMILES string of the molecule is CCC(CO)NC(=O)Cc1ccc(NC/C(Cl)=C/Cl)cc1. The fraction of sp³-hybridized carbons (Fsp3) is 0.400. The normalized spacial score (nSPS) is 12.9.